The molecule has 13 heteroatoms. The molecular weight excluding hydrogens is 401 g/mol. The van der Waals surface area contributed by atoms with Crippen molar-refractivity contribution in [3.63, 3.8) is 0 Å². The van der Waals surface area contributed by atoms with E-state index in [4.69, 9.17) is 0 Å². The molecule has 0 aliphatic heterocycles. The number of anilines is 1. The molecule has 1 heterocycles. The van der Waals surface area contributed by atoms with Crippen LogP contribution in [-0.2, 0) is 15.8 Å². The standard InChI is InChI=1S/C15H7F7N4O2/c1-4(27)26(5(2)28)14-6(3-23)13(24-25-14)7-9(16)11(18)8(15(20,21)22)12(19)10(7)17/h1-2H3,(H,24,25). The van der Waals surface area contributed by atoms with E-state index in [9.17, 15) is 45.6 Å². The van der Waals surface area contributed by atoms with Crippen LogP contribution in [0.5, 0.6) is 0 Å². The van der Waals surface area contributed by atoms with Gasteiger partial charge in [0.15, 0.2) is 29.1 Å². The van der Waals surface area contributed by atoms with Gasteiger partial charge in [-0.25, -0.2) is 22.5 Å². The van der Waals surface area contributed by atoms with E-state index in [2.05, 4.69) is 5.10 Å². The Balaban J connectivity index is 2.87. The Bertz CT molecular complexity index is 993. The predicted octanol–water partition coefficient (Wildman–Crippen LogP) is 3.42. The van der Waals surface area contributed by atoms with Gasteiger partial charge in [0.1, 0.15) is 22.9 Å². The molecule has 0 aliphatic carbocycles. The average Bonchev–Trinajstić information content (AvgIpc) is 2.94. The van der Waals surface area contributed by atoms with Crippen LogP contribution in [0, 0.1) is 34.6 Å². The van der Waals surface area contributed by atoms with Crippen molar-refractivity contribution < 1.29 is 40.3 Å². The molecule has 6 nitrogen and oxygen atoms in total. The number of imide groups is 1. The van der Waals surface area contributed by atoms with E-state index in [1.54, 1.807) is 0 Å². The molecule has 2 amide bonds. The Morgan fingerprint density at radius 2 is 1.46 bits per heavy atom. The van der Waals surface area contributed by atoms with E-state index < -0.39 is 69.5 Å². The van der Waals surface area contributed by atoms with E-state index >= 15 is 0 Å². The quantitative estimate of drug-likeness (QED) is 0.609. The number of aromatic amines is 1. The fourth-order valence-electron chi connectivity index (χ4n) is 2.41. The minimum absolute atomic E-state index is 0.335. The van der Waals surface area contributed by atoms with Gasteiger partial charge in [-0.1, -0.05) is 0 Å². The van der Waals surface area contributed by atoms with Crippen molar-refractivity contribution in [1.82, 2.24) is 10.2 Å². The number of benzene rings is 1. The molecule has 28 heavy (non-hydrogen) atoms. The molecule has 1 aromatic carbocycles. The van der Waals surface area contributed by atoms with Crippen molar-refractivity contribution in [2.24, 2.45) is 0 Å². The van der Waals surface area contributed by atoms with E-state index in [-0.39, 0.29) is 0 Å². The lowest BCUT2D eigenvalue weighted by Gasteiger charge is -2.15. The van der Waals surface area contributed by atoms with Gasteiger partial charge in [-0.2, -0.15) is 23.5 Å². The normalized spacial score (nSPS) is 11.3. The zero-order valence-corrected chi connectivity index (χ0v) is 13.8. The van der Waals surface area contributed by atoms with Crippen molar-refractivity contribution in [3.05, 3.63) is 34.4 Å². The minimum Gasteiger partial charge on any atom is -0.274 e. The Morgan fingerprint density at radius 3 is 1.82 bits per heavy atom. The molecule has 148 valence electrons. The van der Waals surface area contributed by atoms with E-state index in [0.29, 0.717) is 4.90 Å². The van der Waals surface area contributed by atoms with Crippen LogP contribution in [-0.4, -0.2) is 22.0 Å². The second-order valence-corrected chi connectivity index (χ2v) is 5.28. The molecule has 0 atom stereocenters. The van der Waals surface area contributed by atoms with Crippen LogP contribution in [0.1, 0.15) is 25.0 Å². The molecule has 1 aromatic heterocycles. The summed E-state index contributed by atoms with van der Waals surface area (Å²) in [5.41, 5.74) is -6.54. The number of rotatable bonds is 2. The van der Waals surface area contributed by atoms with Crippen molar-refractivity contribution >= 4 is 17.6 Å². The van der Waals surface area contributed by atoms with Gasteiger partial charge >= 0.3 is 6.18 Å². The van der Waals surface area contributed by atoms with Crippen molar-refractivity contribution in [2.75, 3.05) is 4.90 Å². The number of H-pyrrole nitrogens is 1. The average molecular weight is 408 g/mol. The third-order valence-electron chi connectivity index (χ3n) is 3.50. The summed E-state index contributed by atoms with van der Waals surface area (Å²) in [5.74, 6) is -13.0. The Labute approximate surface area is 151 Å². The Hall–Kier alpha value is -3.43. The smallest absolute Gasteiger partial charge is 0.274 e. The molecule has 0 spiro atoms. The molecular formula is C15H7F7N4O2. The molecule has 0 radical (unpaired) electrons. The summed E-state index contributed by atoms with van der Waals surface area (Å²) < 4.78 is 93.9. The first-order valence-corrected chi connectivity index (χ1v) is 7.07. The van der Waals surface area contributed by atoms with Crippen LogP contribution in [0.2, 0.25) is 0 Å². The molecule has 0 unspecified atom stereocenters. The summed E-state index contributed by atoms with van der Waals surface area (Å²) in [6.07, 6.45) is -5.75. The number of nitriles is 1. The summed E-state index contributed by atoms with van der Waals surface area (Å²) in [6.45, 7) is 1.78. The third-order valence-corrected chi connectivity index (χ3v) is 3.50. The van der Waals surface area contributed by atoms with Crippen molar-refractivity contribution in [1.29, 1.82) is 5.26 Å². The maximum absolute atomic E-state index is 14.2. The van der Waals surface area contributed by atoms with Gasteiger partial charge in [0.25, 0.3) is 0 Å². The van der Waals surface area contributed by atoms with E-state index in [1.807, 2.05) is 5.10 Å². The number of aromatic nitrogens is 2. The number of amides is 2. The van der Waals surface area contributed by atoms with E-state index in [1.165, 1.54) is 6.07 Å². The first-order chi connectivity index (χ1) is 12.8. The van der Waals surface area contributed by atoms with Crippen LogP contribution >= 0.6 is 0 Å². The van der Waals surface area contributed by atoms with Gasteiger partial charge < -0.3 is 0 Å². The highest BCUT2D eigenvalue weighted by Crippen LogP contribution is 2.41. The van der Waals surface area contributed by atoms with Crippen LogP contribution in [0.4, 0.5) is 36.6 Å². The molecule has 0 saturated heterocycles. The zero-order chi connectivity index (χ0) is 21.5. The van der Waals surface area contributed by atoms with Crippen LogP contribution in [0.3, 0.4) is 0 Å². The zero-order valence-electron chi connectivity index (χ0n) is 13.8. The Morgan fingerprint density at radius 1 is 1.00 bits per heavy atom. The predicted molar refractivity (Wildman–Crippen MR) is 77.4 cm³/mol. The first kappa shape index (κ1) is 20.9. The largest absolute Gasteiger partial charge is 0.422 e. The van der Waals surface area contributed by atoms with Gasteiger partial charge in [-0.05, 0) is 0 Å². The second-order valence-electron chi connectivity index (χ2n) is 5.28. The van der Waals surface area contributed by atoms with E-state index in [0.717, 1.165) is 13.8 Å². The van der Waals surface area contributed by atoms with Crippen molar-refractivity contribution in [3.8, 4) is 17.3 Å². The summed E-state index contributed by atoms with van der Waals surface area (Å²) in [4.78, 5) is 23.4. The number of nitrogens with one attached hydrogen (secondary N) is 1. The first-order valence-electron chi connectivity index (χ1n) is 7.07. The summed E-state index contributed by atoms with van der Waals surface area (Å²) in [6, 6.07) is 1.33. The van der Waals surface area contributed by atoms with Crippen LogP contribution < -0.4 is 4.90 Å². The number of hydrogen-bond donors (Lipinski definition) is 1. The summed E-state index contributed by atoms with van der Waals surface area (Å²) in [7, 11) is 0. The Kier molecular flexibility index (Phi) is 5.18. The molecule has 2 aromatic rings. The minimum atomic E-state index is -5.75. The van der Waals surface area contributed by atoms with Gasteiger partial charge in [-0.3, -0.25) is 14.7 Å². The SMILES string of the molecule is CC(=O)N(C(C)=O)c1[nH]nc(-c2c(F)c(F)c(C(F)(F)F)c(F)c2F)c1C#N. The molecule has 0 bridgehead atoms. The fraction of sp³-hybridized carbons (Fsp3) is 0.200. The lowest BCUT2D eigenvalue weighted by molar-refractivity contribution is -0.143. The summed E-state index contributed by atoms with van der Waals surface area (Å²) >= 11 is 0. The fourth-order valence-corrected chi connectivity index (χ4v) is 2.41. The van der Waals surface area contributed by atoms with Gasteiger partial charge in [0.05, 0.1) is 5.56 Å². The number of nitrogens with zero attached hydrogens (tertiary/aromatic N) is 3. The highest BCUT2D eigenvalue weighted by molar-refractivity contribution is 6.13. The number of hydrogen-bond acceptors (Lipinski definition) is 4. The molecule has 0 aliphatic rings. The lowest BCUT2D eigenvalue weighted by Crippen LogP contribution is -2.34. The van der Waals surface area contributed by atoms with Crippen LogP contribution in [0.15, 0.2) is 0 Å². The lowest BCUT2D eigenvalue weighted by atomic mass is 10.0. The van der Waals surface area contributed by atoms with Crippen LogP contribution in [0.25, 0.3) is 11.3 Å². The molecule has 2 rings (SSSR count). The summed E-state index contributed by atoms with van der Waals surface area (Å²) in [5, 5.41) is 14.4. The topological polar surface area (TPSA) is 89.8 Å². The van der Waals surface area contributed by atoms with Crippen molar-refractivity contribution in [2.45, 2.75) is 20.0 Å². The second kappa shape index (κ2) is 6.95. The maximum atomic E-state index is 14.2. The number of alkyl halides is 3. The molecule has 1 N–H and O–H groups in total. The number of carbonyl (C=O) groups is 2. The highest BCUT2D eigenvalue weighted by atomic mass is 19.4. The number of halogens is 7. The monoisotopic (exact) mass is 408 g/mol. The number of carbonyl (C=O) groups excluding carboxylic acids is 2. The highest BCUT2D eigenvalue weighted by Gasteiger charge is 2.43. The third kappa shape index (κ3) is 3.17. The molecule has 0 saturated carbocycles. The molecule has 0 fully saturated rings. The van der Waals surface area contributed by atoms with Gasteiger partial charge in [-0.15, -0.1) is 0 Å². The van der Waals surface area contributed by atoms with Gasteiger partial charge in [0.2, 0.25) is 11.8 Å². The maximum Gasteiger partial charge on any atom is 0.422 e. The van der Waals surface area contributed by atoms with Gasteiger partial charge in [0, 0.05) is 13.8 Å².